The maximum absolute atomic E-state index is 13.1. The van der Waals surface area contributed by atoms with Crippen LogP contribution in [0.5, 0.6) is 0 Å². The second-order valence-corrected chi connectivity index (χ2v) is 33.3. The van der Waals surface area contributed by atoms with Gasteiger partial charge in [-0.3, -0.25) is 37.3 Å². The molecule has 0 rings (SSSR count). The lowest BCUT2D eigenvalue weighted by Crippen LogP contribution is -2.30. The van der Waals surface area contributed by atoms with E-state index in [0.29, 0.717) is 25.7 Å². The first-order valence-corrected chi connectivity index (χ1v) is 46.1. The fourth-order valence-corrected chi connectivity index (χ4v) is 14.5. The highest BCUT2D eigenvalue weighted by molar-refractivity contribution is 7.47. The third-order valence-electron chi connectivity index (χ3n) is 19.5. The Hall–Kier alpha value is -1.94. The summed E-state index contributed by atoms with van der Waals surface area (Å²) < 4.78 is 68.6. The zero-order chi connectivity index (χ0) is 74.8. The second-order valence-electron chi connectivity index (χ2n) is 30.3. The highest BCUT2D eigenvalue weighted by Gasteiger charge is 2.30. The van der Waals surface area contributed by atoms with Gasteiger partial charge >= 0.3 is 39.5 Å². The molecule has 0 bridgehead atoms. The van der Waals surface area contributed by atoms with Crippen molar-refractivity contribution in [1.82, 2.24) is 0 Å². The number of hydrogen-bond acceptors (Lipinski definition) is 15. The summed E-state index contributed by atoms with van der Waals surface area (Å²) in [5.41, 5.74) is 0. The summed E-state index contributed by atoms with van der Waals surface area (Å²) in [6, 6.07) is 0. The molecule has 5 atom stereocenters. The molecule has 102 heavy (non-hydrogen) atoms. The van der Waals surface area contributed by atoms with Crippen molar-refractivity contribution in [2.45, 2.75) is 464 Å². The topological polar surface area (TPSA) is 237 Å². The number of rotatable bonds is 83. The largest absolute Gasteiger partial charge is 0.472 e. The first-order valence-electron chi connectivity index (χ1n) is 43.1. The molecule has 0 aliphatic heterocycles. The quantitative estimate of drug-likeness (QED) is 0.0222. The van der Waals surface area contributed by atoms with Gasteiger partial charge in [0.1, 0.15) is 19.3 Å². The maximum atomic E-state index is 13.1. The van der Waals surface area contributed by atoms with Gasteiger partial charge < -0.3 is 33.8 Å². The van der Waals surface area contributed by atoms with Crippen LogP contribution in [-0.2, 0) is 65.4 Å². The van der Waals surface area contributed by atoms with E-state index in [1.54, 1.807) is 0 Å². The van der Waals surface area contributed by atoms with E-state index in [-0.39, 0.29) is 25.7 Å². The molecule has 0 saturated heterocycles. The molecule has 3 N–H and O–H groups in total. The number of phosphoric ester groups is 2. The maximum Gasteiger partial charge on any atom is 0.472 e. The van der Waals surface area contributed by atoms with E-state index in [1.807, 2.05) is 0 Å². The fraction of sp³-hybridized carbons (Fsp3) is 0.952. The van der Waals surface area contributed by atoms with E-state index in [2.05, 4.69) is 34.6 Å². The monoisotopic (exact) mass is 1490 g/mol. The average molecular weight is 1490 g/mol. The Morgan fingerprint density at radius 3 is 0.667 bits per heavy atom. The van der Waals surface area contributed by atoms with Crippen LogP contribution in [0.4, 0.5) is 0 Å². The van der Waals surface area contributed by atoms with Gasteiger partial charge in [0.25, 0.3) is 0 Å². The van der Waals surface area contributed by atoms with Gasteiger partial charge in [-0.15, -0.1) is 0 Å². The Labute approximate surface area is 626 Å². The lowest BCUT2D eigenvalue weighted by Gasteiger charge is -2.21. The first-order chi connectivity index (χ1) is 49.5. The normalized spacial score (nSPS) is 13.8. The van der Waals surface area contributed by atoms with Gasteiger partial charge in [-0.1, -0.05) is 394 Å². The van der Waals surface area contributed by atoms with Crippen molar-refractivity contribution in [1.29, 1.82) is 0 Å². The number of carbonyl (C=O) groups excluding carboxylic acids is 4. The van der Waals surface area contributed by atoms with Crippen LogP contribution in [0.2, 0.25) is 0 Å². The molecule has 0 aromatic carbocycles. The van der Waals surface area contributed by atoms with Gasteiger partial charge in [0.05, 0.1) is 26.4 Å². The molecular weight excluding hydrogens is 1330 g/mol. The summed E-state index contributed by atoms with van der Waals surface area (Å²) in [6.45, 7) is 7.24. The molecule has 19 heteroatoms. The van der Waals surface area contributed by atoms with Gasteiger partial charge in [-0.05, 0) is 31.6 Å². The molecule has 0 aliphatic carbocycles. The number of phosphoric acid groups is 2. The highest BCUT2D eigenvalue weighted by atomic mass is 31.2. The van der Waals surface area contributed by atoms with Crippen molar-refractivity contribution in [3.05, 3.63) is 0 Å². The lowest BCUT2D eigenvalue weighted by atomic mass is 10.0. The van der Waals surface area contributed by atoms with Gasteiger partial charge in [0.2, 0.25) is 0 Å². The van der Waals surface area contributed by atoms with Crippen molar-refractivity contribution in [3.63, 3.8) is 0 Å². The zero-order valence-electron chi connectivity index (χ0n) is 66.8. The van der Waals surface area contributed by atoms with Crippen LogP contribution >= 0.6 is 15.6 Å². The van der Waals surface area contributed by atoms with Crippen LogP contribution in [0.1, 0.15) is 446 Å². The zero-order valence-corrected chi connectivity index (χ0v) is 68.5. The Kier molecular flexibility index (Phi) is 74.4. The minimum Gasteiger partial charge on any atom is -0.462 e. The predicted molar refractivity (Wildman–Crippen MR) is 418 cm³/mol. The van der Waals surface area contributed by atoms with E-state index in [1.165, 1.54) is 257 Å². The van der Waals surface area contributed by atoms with Crippen LogP contribution < -0.4 is 0 Å². The Bertz CT molecular complexity index is 1940. The van der Waals surface area contributed by atoms with Crippen molar-refractivity contribution >= 4 is 39.5 Å². The summed E-state index contributed by atoms with van der Waals surface area (Å²) in [5, 5.41) is 10.6. The Morgan fingerprint density at radius 1 is 0.265 bits per heavy atom. The van der Waals surface area contributed by atoms with Crippen molar-refractivity contribution in [2.75, 3.05) is 39.6 Å². The number of aliphatic hydroxyl groups excluding tert-OH is 1. The number of esters is 4. The summed E-state index contributed by atoms with van der Waals surface area (Å²) in [5.74, 6) is -1.40. The molecular formula is C83H162O17P2. The van der Waals surface area contributed by atoms with Crippen LogP contribution in [0.25, 0.3) is 0 Å². The second kappa shape index (κ2) is 75.9. The van der Waals surface area contributed by atoms with Crippen LogP contribution in [0.3, 0.4) is 0 Å². The van der Waals surface area contributed by atoms with Crippen molar-refractivity contribution in [3.8, 4) is 0 Å². The van der Waals surface area contributed by atoms with E-state index < -0.39 is 97.5 Å². The molecule has 0 amide bonds. The molecule has 0 saturated carbocycles. The summed E-state index contributed by atoms with van der Waals surface area (Å²) in [6.07, 6.45) is 68.6. The van der Waals surface area contributed by atoms with Crippen molar-refractivity contribution in [2.24, 2.45) is 5.92 Å². The summed E-state index contributed by atoms with van der Waals surface area (Å²) >= 11 is 0. The first kappa shape index (κ1) is 100. The fourth-order valence-electron chi connectivity index (χ4n) is 12.9. The number of hydrogen-bond donors (Lipinski definition) is 3. The van der Waals surface area contributed by atoms with Gasteiger partial charge in [0, 0.05) is 25.7 Å². The SMILES string of the molecule is CCCCCCCCCCCCCCCCCCCCCCCCC(=O)OC[C@H](COP(=O)(O)OC[C@@H](O)COP(=O)(O)OC[C@@H](COC(=O)CCCCCCCCC)OC(=O)CCCCCCCCCCC(C)C)OC(=O)CCCCCCCCCCCCCCCCCCCCCCCC. The number of ether oxygens (including phenoxy) is 4. The molecule has 17 nitrogen and oxygen atoms in total. The third kappa shape index (κ3) is 76.3. The molecule has 0 aromatic heterocycles. The van der Waals surface area contributed by atoms with Crippen LogP contribution in [0, 0.1) is 5.92 Å². The number of carbonyl (C=O) groups is 4. The van der Waals surface area contributed by atoms with Gasteiger partial charge in [-0.2, -0.15) is 0 Å². The minimum absolute atomic E-state index is 0.105. The van der Waals surface area contributed by atoms with Crippen LogP contribution in [0.15, 0.2) is 0 Å². The molecule has 0 fully saturated rings. The molecule has 0 spiro atoms. The lowest BCUT2D eigenvalue weighted by molar-refractivity contribution is -0.161. The summed E-state index contributed by atoms with van der Waals surface area (Å²) in [4.78, 5) is 72.8. The third-order valence-corrected chi connectivity index (χ3v) is 21.4. The molecule has 2 unspecified atom stereocenters. The van der Waals surface area contributed by atoms with E-state index >= 15 is 0 Å². The summed E-state index contributed by atoms with van der Waals surface area (Å²) in [7, 11) is -9.91. The average Bonchev–Trinajstić information content (AvgIpc) is 0.954. The standard InChI is InChI=1S/C83H162O17P2/c1-6-9-12-15-18-20-22-24-26-28-30-32-34-36-38-40-42-44-46-52-57-62-67-81(86)94-73-79(99-82(87)68-63-58-53-47-45-43-41-39-37-35-33-31-29-27-25-23-21-19-16-13-10-7-2)75-98-102(91,92)96-71-77(84)70-95-101(89,90)97-74-78(72-93-80(85)66-61-56-50-17-14-11-8-3)100-83(88)69-64-59-54-49-48-51-55-60-65-76(4)5/h76-79,84H,6-75H2,1-5H3,(H,89,90)(H,91,92)/t77-,78+,79+/m0/s1. The van der Waals surface area contributed by atoms with Crippen LogP contribution in [-0.4, -0.2) is 96.7 Å². The van der Waals surface area contributed by atoms with E-state index in [4.69, 9.17) is 37.0 Å². The minimum atomic E-state index is -4.96. The molecule has 0 aliphatic rings. The van der Waals surface area contributed by atoms with Gasteiger partial charge in [-0.25, -0.2) is 9.13 Å². The van der Waals surface area contributed by atoms with E-state index in [9.17, 15) is 43.2 Å². The molecule has 0 heterocycles. The van der Waals surface area contributed by atoms with Gasteiger partial charge in [0.15, 0.2) is 12.2 Å². The Morgan fingerprint density at radius 2 is 0.451 bits per heavy atom. The molecule has 606 valence electrons. The smallest absolute Gasteiger partial charge is 0.462 e. The molecule has 0 radical (unpaired) electrons. The Balaban J connectivity index is 5.12. The predicted octanol–water partition coefficient (Wildman–Crippen LogP) is 25.2. The molecule has 0 aromatic rings. The number of aliphatic hydroxyl groups is 1. The number of unbranched alkanes of at least 4 members (excludes halogenated alkanes) is 55. The van der Waals surface area contributed by atoms with E-state index in [0.717, 1.165) is 109 Å². The van der Waals surface area contributed by atoms with Crippen molar-refractivity contribution < 1.29 is 80.2 Å². The highest BCUT2D eigenvalue weighted by Crippen LogP contribution is 2.45.